The smallest absolute Gasteiger partial charge is 0.119 e. The summed E-state index contributed by atoms with van der Waals surface area (Å²) in [5.74, 6) is 1.42. The molecular weight excluding hydrogens is 188 g/mol. The Morgan fingerprint density at radius 3 is 2.27 bits per heavy atom. The Morgan fingerprint density at radius 1 is 1.20 bits per heavy atom. The minimum atomic E-state index is -0.417. The van der Waals surface area contributed by atoms with Crippen LogP contribution in [-0.4, -0.2) is 17.8 Å². The van der Waals surface area contributed by atoms with E-state index >= 15 is 0 Å². The summed E-state index contributed by atoms with van der Waals surface area (Å²) in [6.07, 6.45) is 0.729. The first kappa shape index (κ1) is 12.1. The molecule has 0 fully saturated rings. The predicted molar refractivity (Wildman–Crippen MR) is 62.3 cm³/mol. The Balaban J connectivity index is 2.56. The molecule has 0 aliphatic heterocycles. The van der Waals surface area contributed by atoms with Crippen LogP contribution in [0, 0.1) is 0 Å². The highest BCUT2D eigenvalue weighted by molar-refractivity contribution is 5.29. The van der Waals surface area contributed by atoms with Gasteiger partial charge < -0.3 is 9.84 Å². The minimum absolute atomic E-state index is 0.350. The Hall–Kier alpha value is -1.02. The van der Waals surface area contributed by atoms with E-state index in [9.17, 15) is 0 Å². The van der Waals surface area contributed by atoms with E-state index in [1.54, 1.807) is 6.92 Å². The zero-order valence-corrected chi connectivity index (χ0v) is 9.73. The average Bonchev–Trinajstić information content (AvgIpc) is 2.26. The largest absolute Gasteiger partial charge is 0.491 e. The van der Waals surface area contributed by atoms with Gasteiger partial charge in [0.2, 0.25) is 0 Å². The molecule has 1 N–H and O–H groups in total. The molecule has 0 spiro atoms. The first-order valence-electron chi connectivity index (χ1n) is 5.54. The van der Waals surface area contributed by atoms with Gasteiger partial charge in [-0.25, -0.2) is 0 Å². The van der Waals surface area contributed by atoms with Crippen LogP contribution in [0.4, 0.5) is 0 Å². The molecule has 0 aliphatic rings. The molecule has 0 aliphatic carbocycles. The SMILES string of the molecule is CCC(C)c1ccc(OC[C@@H](C)O)cc1. The van der Waals surface area contributed by atoms with E-state index in [0.29, 0.717) is 12.5 Å². The van der Waals surface area contributed by atoms with E-state index < -0.39 is 6.10 Å². The van der Waals surface area contributed by atoms with Gasteiger partial charge in [-0.2, -0.15) is 0 Å². The van der Waals surface area contributed by atoms with Crippen molar-refractivity contribution in [3.63, 3.8) is 0 Å². The van der Waals surface area contributed by atoms with Gasteiger partial charge >= 0.3 is 0 Å². The zero-order chi connectivity index (χ0) is 11.3. The van der Waals surface area contributed by atoms with Crippen LogP contribution < -0.4 is 4.74 Å². The molecule has 15 heavy (non-hydrogen) atoms. The zero-order valence-electron chi connectivity index (χ0n) is 9.73. The summed E-state index contributed by atoms with van der Waals surface area (Å²) in [5.41, 5.74) is 1.34. The molecule has 0 aromatic heterocycles. The van der Waals surface area contributed by atoms with Crippen molar-refractivity contribution in [1.29, 1.82) is 0 Å². The van der Waals surface area contributed by atoms with Crippen molar-refractivity contribution >= 4 is 0 Å². The van der Waals surface area contributed by atoms with E-state index in [-0.39, 0.29) is 0 Å². The normalized spacial score (nSPS) is 14.7. The minimum Gasteiger partial charge on any atom is -0.491 e. The molecule has 2 heteroatoms. The van der Waals surface area contributed by atoms with Gasteiger partial charge in [0.25, 0.3) is 0 Å². The van der Waals surface area contributed by atoms with Crippen LogP contribution in [-0.2, 0) is 0 Å². The molecule has 84 valence electrons. The first-order valence-corrected chi connectivity index (χ1v) is 5.54. The Morgan fingerprint density at radius 2 is 1.80 bits per heavy atom. The highest BCUT2D eigenvalue weighted by Gasteiger charge is 2.03. The fourth-order valence-corrected chi connectivity index (χ4v) is 1.35. The van der Waals surface area contributed by atoms with Crippen molar-refractivity contribution in [3.8, 4) is 5.75 Å². The molecule has 0 amide bonds. The van der Waals surface area contributed by atoms with Crippen molar-refractivity contribution in [2.45, 2.75) is 39.2 Å². The lowest BCUT2D eigenvalue weighted by atomic mass is 9.99. The Labute approximate surface area is 91.9 Å². The highest BCUT2D eigenvalue weighted by Crippen LogP contribution is 2.21. The standard InChI is InChI=1S/C13H20O2/c1-4-10(2)12-5-7-13(8-6-12)15-9-11(3)14/h5-8,10-11,14H,4,9H2,1-3H3/t10?,11-/m1/s1. The third-order valence-electron chi connectivity index (χ3n) is 2.55. The second-order valence-corrected chi connectivity index (χ2v) is 4.04. The van der Waals surface area contributed by atoms with Crippen molar-refractivity contribution < 1.29 is 9.84 Å². The summed E-state index contributed by atoms with van der Waals surface area (Å²) < 4.78 is 5.39. The summed E-state index contributed by atoms with van der Waals surface area (Å²) in [5, 5.41) is 9.07. The van der Waals surface area contributed by atoms with Gasteiger partial charge in [-0.05, 0) is 37.0 Å². The molecule has 0 heterocycles. The monoisotopic (exact) mass is 208 g/mol. The number of aliphatic hydroxyl groups is 1. The van der Waals surface area contributed by atoms with Gasteiger partial charge in [-0.1, -0.05) is 26.0 Å². The Bertz CT molecular complexity index is 277. The first-order chi connectivity index (χ1) is 7.13. The maximum Gasteiger partial charge on any atom is 0.119 e. The number of rotatable bonds is 5. The maximum absolute atomic E-state index is 9.07. The summed E-state index contributed by atoms with van der Waals surface area (Å²) in [6, 6.07) is 8.10. The third kappa shape index (κ3) is 3.92. The third-order valence-corrected chi connectivity index (χ3v) is 2.55. The second kappa shape index (κ2) is 5.76. The van der Waals surface area contributed by atoms with E-state index in [1.165, 1.54) is 5.56 Å². The fraction of sp³-hybridized carbons (Fsp3) is 0.538. The lowest BCUT2D eigenvalue weighted by Gasteiger charge is -2.11. The second-order valence-electron chi connectivity index (χ2n) is 4.04. The molecule has 0 radical (unpaired) electrons. The van der Waals surface area contributed by atoms with Crippen molar-refractivity contribution in [3.05, 3.63) is 29.8 Å². The van der Waals surface area contributed by atoms with Gasteiger partial charge in [-0.3, -0.25) is 0 Å². The summed E-state index contributed by atoms with van der Waals surface area (Å²) in [6.45, 7) is 6.46. The van der Waals surface area contributed by atoms with Gasteiger partial charge in [0.15, 0.2) is 0 Å². The fourth-order valence-electron chi connectivity index (χ4n) is 1.35. The number of ether oxygens (including phenoxy) is 1. The van der Waals surface area contributed by atoms with E-state index in [0.717, 1.165) is 12.2 Å². The van der Waals surface area contributed by atoms with Crippen molar-refractivity contribution in [2.75, 3.05) is 6.61 Å². The van der Waals surface area contributed by atoms with Gasteiger partial charge in [0.1, 0.15) is 12.4 Å². The molecule has 0 saturated heterocycles. The topological polar surface area (TPSA) is 29.5 Å². The molecule has 0 bridgehead atoms. The van der Waals surface area contributed by atoms with Gasteiger partial charge in [0, 0.05) is 0 Å². The van der Waals surface area contributed by atoms with Crippen LogP contribution in [0.3, 0.4) is 0 Å². The number of benzene rings is 1. The maximum atomic E-state index is 9.07. The van der Waals surface area contributed by atoms with Crippen LogP contribution >= 0.6 is 0 Å². The summed E-state index contributed by atoms with van der Waals surface area (Å²) in [7, 11) is 0. The van der Waals surface area contributed by atoms with Gasteiger partial charge in [0.05, 0.1) is 6.10 Å². The number of aliphatic hydroxyl groups excluding tert-OH is 1. The number of hydrogen-bond donors (Lipinski definition) is 1. The molecule has 1 unspecified atom stereocenters. The molecule has 1 aromatic rings. The lowest BCUT2D eigenvalue weighted by Crippen LogP contribution is -2.12. The number of hydrogen-bond acceptors (Lipinski definition) is 2. The molecule has 1 aromatic carbocycles. The van der Waals surface area contributed by atoms with E-state index in [1.807, 2.05) is 12.1 Å². The van der Waals surface area contributed by atoms with Gasteiger partial charge in [-0.15, -0.1) is 0 Å². The van der Waals surface area contributed by atoms with Crippen LogP contribution in [0.25, 0.3) is 0 Å². The van der Waals surface area contributed by atoms with Crippen molar-refractivity contribution in [1.82, 2.24) is 0 Å². The Kier molecular flexibility index (Phi) is 4.63. The van der Waals surface area contributed by atoms with E-state index in [2.05, 4.69) is 26.0 Å². The van der Waals surface area contributed by atoms with E-state index in [4.69, 9.17) is 9.84 Å². The lowest BCUT2D eigenvalue weighted by molar-refractivity contribution is 0.122. The quantitative estimate of drug-likeness (QED) is 0.806. The molecule has 0 saturated carbocycles. The predicted octanol–water partition coefficient (Wildman–Crippen LogP) is 2.96. The molecule has 2 atom stereocenters. The van der Waals surface area contributed by atoms with Crippen molar-refractivity contribution in [2.24, 2.45) is 0 Å². The van der Waals surface area contributed by atoms with Crippen LogP contribution in [0.2, 0.25) is 0 Å². The van der Waals surface area contributed by atoms with Crippen LogP contribution in [0.5, 0.6) is 5.75 Å². The molecule has 1 rings (SSSR count). The highest BCUT2D eigenvalue weighted by atomic mass is 16.5. The van der Waals surface area contributed by atoms with Crippen LogP contribution in [0.15, 0.2) is 24.3 Å². The summed E-state index contributed by atoms with van der Waals surface area (Å²) in [4.78, 5) is 0. The molecule has 2 nitrogen and oxygen atoms in total. The average molecular weight is 208 g/mol. The molecular formula is C13H20O2. The van der Waals surface area contributed by atoms with Crippen LogP contribution in [0.1, 0.15) is 38.7 Å². The summed E-state index contributed by atoms with van der Waals surface area (Å²) >= 11 is 0.